The maximum absolute atomic E-state index is 13.4. The van der Waals surface area contributed by atoms with E-state index in [4.69, 9.17) is 16.3 Å². The molecule has 0 aliphatic heterocycles. The van der Waals surface area contributed by atoms with Gasteiger partial charge < -0.3 is 4.74 Å². The van der Waals surface area contributed by atoms with Gasteiger partial charge in [0.15, 0.2) is 0 Å². The molecule has 2 rings (SSSR count). The standard InChI is InChI=1S/C13H8BrClFNO3/c14-11-3-1-10(6-12(11)16)20-9-2-4-13(17(18)19)8(5-9)7-15/h1-6H,7H2. The zero-order valence-corrected chi connectivity index (χ0v) is 12.3. The Morgan fingerprint density at radius 3 is 2.50 bits per heavy atom. The third-order valence-electron chi connectivity index (χ3n) is 2.52. The van der Waals surface area contributed by atoms with E-state index in [9.17, 15) is 14.5 Å². The first-order chi connectivity index (χ1) is 9.51. The smallest absolute Gasteiger partial charge is 0.274 e. The highest BCUT2D eigenvalue weighted by molar-refractivity contribution is 9.10. The Balaban J connectivity index is 2.29. The third-order valence-corrected chi connectivity index (χ3v) is 3.45. The number of hydrogen-bond acceptors (Lipinski definition) is 3. The number of ether oxygens (including phenoxy) is 1. The molecule has 0 heterocycles. The zero-order chi connectivity index (χ0) is 14.7. The van der Waals surface area contributed by atoms with E-state index in [1.807, 2.05) is 0 Å². The lowest BCUT2D eigenvalue weighted by atomic mass is 10.2. The maximum atomic E-state index is 13.4. The highest BCUT2D eigenvalue weighted by Gasteiger charge is 2.14. The van der Waals surface area contributed by atoms with Gasteiger partial charge in [0.2, 0.25) is 0 Å². The first kappa shape index (κ1) is 14.7. The Morgan fingerprint density at radius 2 is 1.90 bits per heavy atom. The van der Waals surface area contributed by atoms with Crippen molar-refractivity contribution in [2.45, 2.75) is 5.88 Å². The van der Waals surface area contributed by atoms with E-state index in [-0.39, 0.29) is 11.6 Å². The molecule has 0 bridgehead atoms. The third kappa shape index (κ3) is 3.26. The molecule has 0 fully saturated rings. The first-order valence-corrected chi connectivity index (χ1v) is 6.80. The molecule has 0 N–H and O–H groups in total. The minimum absolute atomic E-state index is 0.0117. The summed E-state index contributed by atoms with van der Waals surface area (Å²) in [4.78, 5) is 10.3. The average molecular weight is 361 g/mol. The molecular weight excluding hydrogens is 353 g/mol. The van der Waals surface area contributed by atoms with Crippen LogP contribution in [-0.4, -0.2) is 4.92 Å². The summed E-state index contributed by atoms with van der Waals surface area (Å²) in [6, 6.07) is 8.51. The fraction of sp³-hybridized carbons (Fsp3) is 0.0769. The van der Waals surface area contributed by atoms with Gasteiger partial charge in [0.1, 0.15) is 17.3 Å². The summed E-state index contributed by atoms with van der Waals surface area (Å²) in [5.41, 5.74) is 0.265. The summed E-state index contributed by atoms with van der Waals surface area (Å²) < 4.78 is 19.1. The molecule has 20 heavy (non-hydrogen) atoms. The molecule has 2 aromatic rings. The van der Waals surface area contributed by atoms with Gasteiger partial charge in [-0.15, -0.1) is 11.6 Å². The van der Waals surface area contributed by atoms with Gasteiger partial charge in [-0.2, -0.15) is 0 Å². The minimum Gasteiger partial charge on any atom is -0.457 e. The Kier molecular flexibility index (Phi) is 4.57. The van der Waals surface area contributed by atoms with Crippen LogP contribution in [0.5, 0.6) is 11.5 Å². The molecule has 0 spiro atoms. The molecule has 0 unspecified atom stereocenters. The number of hydrogen-bond donors (Lipinski definition) is 0. The molecule has 0 aliphatic rings. The van der Waals surface area contributed by atoms with Gasteiger partial charge in [-0.25, -0.2) is 4.39 Å². The van der Waals surface area contributed by atoms with Crippen LogP contribution in [0.1, 0.15) is 5.56 Å². The highest BCUT2D eigenvalue weighted by Crippen LogP contribution is 2.30. The molecule has 2 aromatic carbocycles. The van der Waals surface area contributed by atoms with E-state index in [0.29, 0.717) is 21.5 Å². The number of nitrogens with zero attached hydrogens (tertiary/aromatic N) is 1. The van der Waals surface area contributed by atoms with Crippen molar-refractivity contribution in [2.24, 2.45) is 0 Å². The lowest BCUT2D eigenvalue weighted by Crippen LogP contribution is -1.94. The van der Waals surface area contributed by atoms with E-state index in [1.165, 1.54) is 30.3 Å². The molecule has 4 nitrogen and oxygen atoms in total. The van der Waals surface area contributed by atoms with Crippen molar-refractivity contribution in [3.63, 3.8) is 0 Å². The lowest BCUT2D eigenvalue weighted by Gasteiger charge is -2.08. The molecule has 104 valence electrons. The number of benzene rings is 2. The number of halogens is 3. The van der Waals surface area contributed by atoms with E-state index < -0.39 is 10.7 Å². The van der Waals surface area contributed by atoms with Crippen molar-refractivity contribution in [3.8, 4) is 11.5 Å². The predicted octanol–water partition coefficient (Wildman–Crippen LogP) is 5.03. The largest absolute Gasteiger partial charge is 0.457 e. The summed E-state index contributed by atoms with van der Waals surface area (Å²) in [7, 11) is 0. The van der Waals surface area contributed by atoms with Crippen LogP contribution in [0, 0.1) is 15.9 Å². The van der Waals surface area contributed by atoms with Crippen LogP contribution in [0.15, 0.2) is 40.9 Å². The van der Waals surface area contributed by atoms with Gasteiger partial charge in [0, 0.05) is 17.7 Å². The van der Waals surface area contributed by atoms with E-state index >= 15 is 0 Å². The SMILES string of the molecule is O=[N+]([O-])c1ccc(Oc2ccc(Br)c(F)c2)cc1CCl. The summed E-state index contributed by atoms with van der Waals surface area (Å²) in [6.45, 7) is 0. The van der Waals surface area contributed by atoms with Gasteiger partial charge in [-0.3, -0.25) is 10.1 Å². The van der Waals surface area contributed by atoms with Crippen molar-refractivity contribution in [1.29, 1.82) is 0 Å². The number of nitro benzene ring substituents is 1. The fourth-order valence-electron chi connectivity index (χ4n) is 1.59. The van der Waals surface area contributed by atoms with Gasteiger partial charge in [-0.1, -0.05) is 0 Å². The van der Waals surface area contributed by atoms with Gasteiger partial charge >= 0.3 is 0 Å². The quantitative estimate of drug-likeness (QED) is 0.436. The second-order valence-electron chi connectivity index (χ2n) is 3.86. The number of alkyl halides is 1. The van der Waals surface area contributed by atoms with E-state index in [1.54, 1.807) is 6.07 Å². The van der Waals surface area contributed by atoms with Crippen LogP contribution in [-0.2, 0) is 5.88 Å². The summed E-state index contributed by atoms with van der Waals surface area (Å²) in [5.74, 6) is 0.178. The van der Waals surface area contributed by atoms with Crippen molar-refractivity contribution in [1.82, 2.24) is 0 Å². The molecule has 0 aliphatic carbocycles. The fourth-order valence-corrected chi connectivity index (χ4v) is 2.05. The van der Waals surface area contributed by atoms with Gasteiger partial charge in [0.25, 0.3) is 5.69 Å². The van der Waals surface area contributed by atoms with Crippen LogP contribution in [0.25, 0.3) is 0 Å². The monoisotopic (exact) mass is 359 g/mol. The van der Waals surface area contributed by atoms with Crippen molar-refractivity contribution in [2.75, 3.05) is 0 Å². The Hall–Kier alpha value is -1.66. The van der Waals surface area contributed by atoms with Gasteiger partial charge in [-0.05, 0) is 40.2 Å². The normalized spacial score (nSPS) is 10.3. The second kappa shape index (κ2) is 6.19. The average Bonchev–Trinajstić information content (AvgIpc) is 2.42. The second-order valence-corrected chi connectivity index (χ2v) is 4.98. The van der Waals surface area contributed by atoms with E-state index in [0.717, 1.165) is 0 Å². The first-order valence-electron chi connectivity index (χ1n) is 5.47. The van der Waals surface area contributed by atoms with Crippen LogP contribution in [0.2, 0.25) is 0 Å². The van der Waals surface area contributed by atoms with Crippen LogP contribution >= 0.6 is 27.5 Å². The zero-order valence-electron chi connectivity index (χ0n) is 9.98. The highest BCUT2D eigenvalue weighted by atomic mass is 79.9. The molecule has 0 atom stereocenters. The maximum Gasteiger partial charge on any atom is 0.274 e. The van der Waals surface area contributed by atoms with Gasteiger partial charge in [0.05, 0.1) is 15.3 Å². The van der Waals surface area contributed by atoms with Crippen LogP contribution < -0.4 is 4.74 Å². The summed E-state index contributed by atoms with van der Waals surface area (Å²) in [5, 5.41) is 10.8. The lowest BCUT2D eigenvalue weighted by molar-refractivity contribution is -0.385. The Bertz CT molecular complexity index is 666. The van der Waals surface area contributed by atoms with E-state index in [2.05, 4.69) is 15.9 Å². The van der Waals surface area contributed by atoms with Crippen molar-refractivity contribution >= 4 is 33.2 Å². The molecule has 0 radical (unpaired) electrons. The topological polar surface area (TPSA) is 52.4 Å². The summed E-state index contributed by atoms with van der Waals surface area (Å²) >= 11 is 8.71. The molecule has 0 saturated carbocycles. The number of nitro groups is 1. The van der Waals surface area contributed by atoms with Crippen molar-refractivity contribution in [3.05, 3.63) is 62.4 Å². The summed E-state index contributed by atoms with van der Waals surface area (Å²) in [6.07, 6.45) is 0. The Labute approximate surface area is 127 Å². The molecular formula is C13H8BrClFNO3. The van der Waals surface area contributed by atoms with Crippen LogP contribution in [0.3, 0.4) is 0 Å². The predicted molar refractivity (Wildman–Crippen MR) is 76.8 cm³/mol. The molecule has 0 aromatic heterocycles. The van der Waals surface area contributed by atoms with Crippen molar-refractivity contribution < 1.29 is 14.1 Å². The molecule has 0 saturated heterocycles. The number of rotatable bonds is 4. The molecule has 0 amide bonds. The molecule has 7 heteroatoms. The Morgan fingerprint density at radius 1 is 1.25 bits per heavy atom. The van der Waals surface area contributed by atoms with Crippen LogP contribution in [0.4, 0.5) is 10.1 Å². The minimum atomic E-state index is -0.513.